The average molecular weight is 260 g/mol. The number of esters is 1. The molecule has 1 fully saturated rings. The molecule has 0 aromatic heterocycles. The lowest BCUT2D eigenvalue weighted by Gasteiger charge is -2.26. The minimum Gasteiger partial charge on any atom is -0.459 e. The first kappa shape index (κ1) is 15.4. The SMILES string of the molecule is CCCC[C@H](OCOC)[C@H]1OC(=O)[C@@H](C)[C@H]1CO. The summed E-state index contributed by atoms with van der Waals surface area (Å²) in [7, 11) is 1.56. The lowest BCUT2D eigenvalue weighted by Crippen LogP contribution is -2.37. The monoisotopic (exact) mass is 260 g/mol. The van der Waals surface area contributed by atoms with Gasteiger partial charge in [0.25, 0.3) is 0 Å². The second-order valence-corrected chi connectivity index (χ2v) is 4.79. The van der Waals surface area contributed by atoms with Crippen molar-refractivity contribution >= 4 is 5.97 Å². The number of rotatable bonds is 8. The Morgan fingerprint density at radius 3 is 2.78 bits per heavy atom. The zero-order valence-corrected chi connectivity index (χ0v) is 11.4. The fourth-order valence-electron chi connectivity index (χ4n) is 2.30. The summed E-state index contributed by atoms with van der Waals surface area (Å²) in [6.45, 7) is 4.00. The molecule has 1 saturated heterocycles. The van der Waals surface area contributed by atoms with Crippen LogP contribution < -0.4 is 0 Å². The molecule has 0 radical (unpaired) electrons. The van der Waals surface area contributed by atoms with Crippen LogP contribution in [0.1, 0.15) is 33.1 Å². The number of aliphatic hydroxyl groups is 1. The predicted octanol–water partition coefficient (Wildman–Crippen LogP) is 1.34. The number of cyclic esters (lactones) is 1. The molecule has 0 saturated carbocycles. The van der Waals surface area contributed by atoms with Gasteiger partial charge in [0.05, 0.1) is 18.6 Å². The second-order valence-electron chi connectivity index (χ2n) is 4.79. The Morgan fingerprint density at radius 1 is 1.50 bits per heavy atom. The molecule has 0 spiro atoms. The highest BCUT2D eigenvalue weighted by Crippen LogP contribution is 2.32. The molecule has 18 heavy (non-hydrogen) atoms. The van der Waals surface area contributed by atoms with Gasteiger partial charge >= 0.3 is 5.97 Å². The number of ether oxygens (including phenoxy) is 3. The first-order chi connectivity index (χ1) is 8.65. The van der Waals surface area contributed by atoms with Crippen molar-refractivity contribution in [2.24, 2.45) is 11.8 Å². The van der Waals surface area contributed by atoms with Crippen LogP contribution in [0.2, 0.25) is 0 Å². The third-order valence-corrected chi connectivity index (χ3v) is 3.51. The number of methoxy groups -OCH3 is 1. The minimum atomic E-state index is -0.362. The number of aliphatic hydroxyl groups excluding tert-OH is 1. The van der Waals surface area contributed by atoms with Crippen LogP contribution in [-0.4, -0.2) is 43.8 Å². The van der Waals surface area contributed by atoms with Crippen molar-refractivity contribution in [3.05, 3.63) is 0 Å². The maximum atomic E-state index is 11.6. The van der Waals surface area contributed by atoms with Crippen molar-refractivity contribution in [2.45, 2.75) is 45.3 Å². The van der Waals surface area contributed by atoms with Gasteiger partial charge in [0.15, 0.2) is 0 Å². The van der Waals surface area contributed by atoms with Gasteiger partial charge in [-0.15, -0.1) is 0 Å². The van der Waals surface area contributed by atoms with Crippen LogP contribution in [0.15, 0.2) is 0 Å². The first-order valence-corrected chi connectivity index (χ1v) is 6.57. The Bertz CT molecular complexity index is 248. The molecular weight excluding hydrogens is 236 g/mol. The van der Waals surface area contributed by atoms with Crippen molar-refractivity contribution in [2.75, 3.05) is 20.5 Å². The molecule has 106 valence electrons. The highest BCUT2D eigenvalue weighted by molar-refractivity contribution is 5.74. The van der Waals surface area contributed by atoms with Crippen LogP contribution in [0.25, 0.3) is 0 Å². The van der Waals surface area contributed by atoms with Crippen LogP contribution in [0, 0.1) is 11.8 Å². The zero-order valence-electron chi connectivity index (χ0n) is 11.4. The zero-order chi connectivity index (χ0) is 13.5. The van der Waals surface area contributed by atoms with Gasteiger partial charge in [0, 0.05) is 13.0 Å². The van der Waals surface area contributed by atoms with Crippen molar-refractivity contribution < 1.29 is 24.1 Å². The van der Waals surface area contributed by atoms with Gasteiger partial charge in [0.1, 0.15) is 12.9 Å². The fourth-order valence-corrected chi connectivity index (χ4v) is 2.30. The number of carbonyl (C=O) groups excluding carboxylic acids is 1. The molecule has 0 amide bonds. The maximum Gasteiger partial charge on any atom is 0.309 e. The molecule has 1 aliphatic heterocycles. The number of unbranched alkanes of at least 4 members (excludes halogenated alkanes) is 1. The Morgan fingerprint density at radius 2 is 2.22 bits per heavy atom. The van der Waals surface area contributed by atoms with E-state index in [0.717, 1.165) is 19.3 Å². The molecule has 1 aliphatic rings. The molecule has 1 N–H and O–H groups in total. The van der Waals surface area contributed by atoms with Gasteiger partial charge < -0.3 is 19.3 Å². The summed E-state index contributed by atoms with van der Waals surface area (Å²) in [6, 6.07) is 0. The van der Waals surface area contributed by atoms with E-state index < -0.39 is 0 Å². The standard InChI is InChI=1S/C13H24O5/c1-4-5-6-11(17-8-16-3)12-10(7-14)9(2)13(15)18-12/h9-12,14H,4-8H2,1-3H3/t9-,10+,11-,12-/m0/s1. The van der Waals surface area contributed by atoms with E-state index in [4.69, 9.17) is 14.2 Å². The lowest BCUT2D eigenvalue weighted by atomic mass is 9.88. The van der Waals surface area contributed by atoms with Gasteiger partial charge in [-0.25, -0.2) is 0 Å². The molecule has 1 heterocycles. The molecule has 0 unspecified atom stereocenters. The summed E-state index contributed by atoms with van der Waals surface area (Å²) in [5.74, 6) is -0.701. The molecule has 0 bridgehead atoms. The molecule has 5 nitrogen and oxygen atoms in total. The molecule has 5 heteroatoms. The number of carbonyl (C=O) groups is 1. The summed E-state index contributed by atoms with van der Waals surface area (Å²) >= 11 is 0. The van der Waals surface area contributed by atoms with E-state index in [2.05, 4.69) is 6.92 Å². The number of hydrogen-bond acceptors (Lipinski definition) is 5. The third-order valence-electron chi connectivity index (χ3n) is 3.51. The Hall–Kier alpha value is -0.650. The molecular formula is C13H24O5. The molecule has 0 aromatic rings. The molecule has 0 aromatic carbocycles. The summed E-state index contributed by atoms with van der Waals surface area (Å²) in [5.41, 5.74) is 0. The minimum absolute atomic E-state index is 0.0590. The summed E-state index contributed by atoms with van der Waals surface area (Å²) < 4.78 is 15.9. The highest BCUT2D eigenvalue weighted by Gasteiger charge is 2.45. The Kier molecular flexibility index (Phi) is 6.60. The number of hydrogen-bond donors (Lipinski definition) is 1. The van der Waals surface area contributed by atoms with E-state index in [0.29, 0.717) is 0 Å². The highest BCUT2D eigenvalue weighted by atomic mass is 16.7. The Balaban J connectivity index is 2.67. The van der Waals surface area contributed by atoms with Gasteiger partial charge in [-0.3, -0.25) is 4.79 Å². The lowest BCUT2D eigenvalue weighted by molar-refractivity contribution is -0.157. The average Bonchev–Trinajstić information content (AvgIpc) is 2.65. The summed E-state index contributed by atoms with van der Waals surface area (Å²) in [5, 5.41) is 9.41. The summed E-state index contributed by atoms with van der Waals surface area (Å²) in [6.07, 6.45) is 2.29. The largest absolute Gasteiger partial charge is 0.459 e. The quantitative estimate of drug-likeness (QED) is 0.527. The van der Waals surface area contributed by atoms with E-state index in [1.807, 2.05) is 0 Å². The normalized spacial score (nSPS) is 29.3. The van der Waals surface area contributed by atoms with Crippen LogP contribution in [0.3, 0.4) is 0 Å². The van der Waals surface area contributed by atoms with Gasteiger partial charge in [0.2, 0.25) is 0 Å². The van der Waals surface area contributed by atoms with E-state index in [9.17, 15) is 9.90 Å². The molecule has 4 atom stereocenters. The van der Waals surface area contributed by atoms with Crippen LogP contribution in [0.4, 0.5) is 0 Å². The Labute approximate surface area is 108 Å². The van der Waals surface area contributed by atoms with Crippen LogP contribution >= 0.6 is 0 Å². The molecule has 0 aliphatic carbocycles. The van der Waals surface area contributed by atoms with Crippen molar-refractivity contribution in [1.29, 1.82) is 0 Å². The van der Waals surface area contributed by atoms with Crippen LogP contribution in [-0.2, 0) is 19.0 Å². The van der Waals surface area contributed by atoms with E-state index in [1.165, 1.54) is 0 Å². The van der Waals surface area contributed by atoms with E-state index in [-0.39, 0.29) is 43.4 Å². The van der Waals surface area contributed by atoms with E-state index in [1.54, 1.807) is 14.0 Å². The van der Waals surface area contributed by atoms with Gasteiger partial charge in [-0.1, -0.05) is 26.7 Å². The summed E-state index contributed by atoms with van der Waals surface area (Å²) in [4.78, 5) is 11.6. The van der Waals surface area contributed by atoms with Crippen molar-refractivity contribution in [3.63, 3.8) is 0 Å². The second kappa shape index (κ2) is 7.71. The van der Waals surface area contributed by atoms with Crippen LogP contribution in [0.5, 0.6) is 0 Å². The topological polar surface area (TPSA) is 65.0 Å². The first-order valence-electron chi connectivity index (χ1n) is 6.57. The predicted molar refractivity (Wildman–Crippen MR) is 65.9 cm³/mol. The van der Waals surface area contributed by atoms with Gasteiger partial charge in [-0.05, 0) is 6.42 Å². The van der Waals surface area contributed by atoms with Crippen molar-refractivity contribution in [1.82, 2.24) is 0 Å². The molecule has 1 rings (SSSR count). The third kappa shape index (κ3) is 3.67. The van der Waals surface area contributed by atoms with Crippen molar-refractivity contribution in [3.8, 4) is 0 Å². The van der Waals surface area contributed by atoms with Gasteiger partial charge in [-0.2, -0.15) is 0 Å². The maximum absolute atomic E-state index is 11.6. The smallest absolute Gasteiger partial charge is 0.309 e. The fraction of sp³-hybridized carbons (Fsp3) is 0.923. The van der Waals surface area contributed by atoms with E-state index >= 15 is 0 Å².